The minimum atomic E-state index is 0.656. The molecular weight excluding hydrogens is 192 g/mol. The lowest BCUT2D eigenvalue weighted by Crippen LogP contribution is -2.45. The average Bonchev–Trinajstić information content (AvgIpc) is 2.62. The van der Waals surface area contributed by atoms with Crippen LogP contribution in [0.5, 0.6) is 5.75 Å². The van der Waals surface area contributed by atoms with Gasteiger partial charge >= 0.3 is 0 Å². The molecule has 0 atom stereocenters. The van der Waals surface area contributed by atoms with Crippen molar-refractivity contribution < 1.29 is 9.26 Å². The monoisotopic (exact) mass is 204 g/mol. The Labute approximate surface area is 87.2 Å². The second kappa shape index (κ2) is 3.55. The van der Waals surface area contributed by atoms with Gasteiger partial charge in [-0.3, -0.25) is 0 Å². The fraction of sp³-hybridized carbons (Fsp3) is 0.364. The molecule has 0 spiro atoms. The lowest BCUT2D eigenvalue weighted by atomic mass is 10.1. The van der Waals surface area contributed by atoms with E-state index in [1.54, 1.807) is 6.20 Å². The molecule has 0 aliphatic carbocycles. The highest BCUT2D eigenvalue weighted by Crippen LogP contribution is 2.21. The highest BCUT2D eigenvalue weighted by Gasteiger charge is 2.17. The van der Waals surface area contributed by atoms with E-state index in [4.69, 9.17) is 9.26 Å². The van der Waals surface area contributed by atoms with E-state index in [1.165, 1.54) is 0 Å². The molecule has 0 bridgehead atoms. The van der Waals surface area contributed by atoms with Gasteiger partial charge in [0.2, 0.25) is 0 Å². The standard InChI is InChI=1S/C11H12N2O2/c1-2-11-9(6-13-15-11)3-10(1)14-7-8-4-12-5-8/h1-3,6,8,12H,4-5,7H2. The first kappa shape index (κ1) is 8.73. The Balaban J connectivity index is 1.72. The number of nitrogens with one attached hydrogen (secondary N) is 1. The van der Waals surface area contributed by atoms with Crippen LogP contribution in [0, 0.1) is 5.92 Å². The van der Waals surface area contributed by atoms with Crippen LogP contribution in [0.4, 0.5) is 0 Å². The van der Waals surface area contributed by atoms with Crippen molar-refractivity contribution in [1.82, 2.24) is 10.5 Å². The lowest BCUT2D eigenvalue weighted by molar-refractivity contribution is 0.199. The summed E-state index contributed by atoms with van der Waals surface area (Å²) < 4.78 is 10.7. The van der Waals surface area contributed by atoms with Crippen molar-refractivity contribution in [2.45, 2.75) is 0 Å². The molecule has 78 valence electrons. The third-order valence-corrected chi connectivity index (χ3v) is 2.68. The molecule has 1 aromatic carbocycles. The summed E-state index contributed by atoms with van der Waals surface area (Å²) in [5.74, 6) is 1.54. The van der Waals surface area contributed by atoms with Crippen molar-refractivity contribution in [1.29, 1.82) is 0 Å². The van der Waals surface area contributed by atoms with Gasteiger partial charge in [0.05, 0.1) is 12.8 Å². The fourth-order valence-corrected chi connectivity index (χ4v) is 1.62. The van der Waals surface area contributed by atoms with Crippen molar-refractivity contribution in [2.75, 3.05) is 19.7 Å². The van der Waals surface area contributed by atoms with Crippen LogP contribution in [0.2, 0.25) is 0 Å². The first-order valence-corrected chi connectivity index (χ1v) is 5.10. The van der Waals surface area contributed by atoms with Crippen LogP contribution in [0.3, 0.4) is 0 Å². The van der Waals surface area contributed by atoms with Crippen LogP contribution in [0.15, 0.2) is 28.9 Å². The van der Waals surface area contributed by atoms with Gasteiger partial charge in [0.1, 0.15) is 5.75 Å². The summed E-state index contributed by atoms with van der Waals surface area (Å²) >= 11 is 0. The molecule has 2 heterocycles. The summed E-state index contributed by atoms with van der Waals surface area (Å²) in [7, 11) is 0. The first-order chi connectivity index (χ1) is 7.42. The van der Waals surface area contributed by atoms with E-state index in [0.717, 1.165) is 36.4 Å². The molecule has 1 aliphatic heterocycles. The average molecular weight is 204 g/mol. The summed E-state index contributed by atoms with van der Waals surface area (Å²) in [6.07, 6.45) is 1.70. The van der Waals surface area contributed by atoms with Gasteiger partial charge in [-0.25, -0.2) is 0 Å². The molecule has 1 fully saturated rings. The van der Waals surface area contributed by atoms with Gasteiger partial charge in [-0.1, -0.05) is 5.16 Å². The minimum absolute atomic E-state index is 0.656. The highest BCUT2D eigenvalue weighted by molar-refractivity contribution is 5.77. The van der Waals surface area contributed by atoms with Crippen molar-refractivity contribution in [3.8, 4) is 5.75 Å². The molecule has 3 rings (SSSR count). The topological polar surface area (TPSA) is 47.3 Å². The smallest absolute Gasteiger partial charge is 0.167 e. The van der Waals surface area contributed by atoms with Crippen molar-refractivity contribution >= 4 is 11.0 Å². The molecule has 0 radical (unpaired) electrons. The molecule has 0 saturated carbocycles. The van der Waals surface area contributed by atoms with Gasteiger partial charge in [0.25, 0.3) is 0 Å². The molecule has 1 saturated heterocycles. The predicted molar refractivity (Wildman–Crippen MR) is 55.9 cm³/mol. The number of rotatable bonds is 3. The van der Waals surface area contributed by atoms with Crippen molar-refractivity contribution in [3.63, 3.8) is 0 Å². The molecule has 1 aliphatic rings. The van der Waals surface area contributed by atoms with Crippen molar-refractivity contribution in [3.05, 3.63) is 24.4 Å². The lowest BCUT2D eigenvalue weighted by Gasteiger charge is -2.26. The molecule has 1 aromatic heterocycles. The Kier molecular flexibility index (Phi) is 2.07. The van der Waals surface area contributed by atoms with E-state index < -0.39 is 0 Å². The number of nitrogens with zero attached hydrogens (tertiary/aromatic N) is 1. The normalized spacial score (nSPS) is 16.5. The molecule has 0 amide bonds. The van der Waals surface area contributed by atoms with Gasteiger partial charge < -0.3 is 14.6 Å². The van der Waals surface area contributed by atoms with Crippen LogP contribution < -0.4 is 10.1 Å². The molecule has 0 unspecified atom stereocenters. The molecular formula is C11H12N2O2. The molecule has 4 nitrogen and oxygen atoms in total. The Hall–Kier alpha value is -1.55. The third-order valence-electron chi connectivity index (χ3n) is 2.68. The minimum Gasteiger partial charge on any atom is -0.493 e. The van der Waals surface area contributed by atoms with Gasteiger partial charge in [-0.05, 0) is 18.2 Å². The summed E-state index contributed by atoms with van der Waals surface area (Å²) in [5, 5.41) is 7.93. The van der Waals surface area contributed by atoms with Crippen LogP contribution in [-0.4, -0.2) is 24.9 Å². The van der Waals surface area contributed by atoms with Crippen LogP contribution >= 0.6 is 0 Å². The van der Waals surface area contributed by atoms with E-state index >= 15 is 0 Å². The second-order valence-electron chi connectivity index (χ2n) is 3.86. The summed E-state index contributed by atoms with van der Waals surface area (Å²) in [5.41, 5.74) is 0.799. The van der Waals surface area contributed by atoms with Gasteiger partial charge in [0, 0.05) is 24.4 Å². The first-order valence-electron chi connectivity index (χ1n) is 5.10. The SMILES string of the molecule is c1cc2oncc2cc1OCC1CNC1. The van der Waals surface area contributed by atoms with Gasteiger partial charge in [0.15, 0.2) is 5.58 Å². The van der Waals surface area contributed by atoms with E-state index in [2.05, 4.69) is 10.5 Å². The Morgan fingerprint density at radius 3 is 3.20 bits per heavy atom. The number of hydrogen-bond acceptors (Lipinski definition) is 4. The summed E-state index contributed by atoms with van der Waals surface area (Å²) in [4.78, 5) is 0. The van der Waals surface area contributed by atoms with E-state index in [0.29, 0.717) is 5.92 Å². The summed E-state index contributed by atoms with van der Waals surface area (Å²) in [6.45, 7) is 2.91. The number of hydrogen-bond donors (Lipinski definition) is 1. The quantitative estimate of drug-likeness (QED) is 0.821. The number of fused-ring (bicyclic) bond motifs is 1. The highest BCUT2D eigenvalue weighted by atomic mass is 16.5. The van der Waals surface area contributed by atoms with E-state index in [1.807, 2.05) is 18.2 Å². The Bertz CT molecular complexity index is 462. The second-order valence-corrected chi connectivity index (χ2v) is 3.86. The maximum absolute atomic E-state index is 5.68. The maximum Gasteiger partial charge on any atom is 0.167 e. The molecule has 4 heteroatoms. The van der Waals surface area contributed by atoms with Crippen LogP contribution in [-0.2, 0) is 0 Å². The number of aromatic nitrogens is 1. The van der Waals surface area contributed by atoms with E-state index in [9.17, 15) is 0 Å². The third kappa shape index (κ3) is 1.68. The fourth-order valence-electron chi connectivity index (χ4n) is 1.62. The molecule has 15 heavy (non-hydrogen) atoms. The number of ether oxygens (including phenoxy) is 1. The zero-order valence-corrected chi connectivity index (χ0v) is 8.27. The van der Waals surface area contributed by atoms with E-state index in [-0.39, 0.29) is 0 Å². The van der Waals surface area contributed by atoms with Gasteiger partial charge in [-0.15, -0.1) is 0 Å². The summed E-state index contributed by atoms with van der Waals surface area (Å²) in [6, 6.07) is 5.76. The number of benzene rings is 1. The van der Waals surface area contributed by atoms with Crippen molar-refractivity contribution in [2.24, 2.45) is 5.92 Å². The largest absolute Gasteiger partial charge is 0.493 e. The van der Waals surface area contributed by atoms with Gasteiger partial charge in [-0.2, -0.15) is 0 Å². The molecule has 2 aromatic rings. The molecule has 1 N–H and O–H groups in total. The maximum atomic E-state index is 5.68. The predicted octanol–water partition coefficient (Wildman–Crippen LogP) is 1.43. The Morgan fingerprint density at radius 1 is 1.47 bits per heavy atom. The zero-order chi connectivity index (χ0) is 10.1. The van der Waals surface area contributed by atoms with Crippen LogP contribution in [0.25, 0.3) is 11.0 Å². The Morgan fingerprint density at radius 2 is 2.40 bits per heavy atom. The van der Waals surface area contributed by atoms with Crippen LogP contribution in [0.1, 0.15) is 0 Å². The zero-order valence-electron chi connectivity index (χ0n) is 8.27.